The molecule has 5 heteroatoms. The number of aryl methyl sites for hydroxylation is 2. The minimum Gasteiger partial charge on any atom is -0.320 e. The van der Waals surface area contributed by atoms with Crippen molar-refractivity contribution in [2.24, 2.45) is 7.05 Å². The third-order valence-electron chi connectivity index (χ3n) is 3.01. The van der Waals surface area contributed by atoms with E-state index >= 15 is 0 Å². The van der Waals surface area contributed by atoms with Crippen molar-refractivity contribution in [1.29, 1.82) is 0 Å². The Labute approximate surface area is 112 Å². The van der Waals surface area contributed by atoms with E-state index in [2.05, 4.69) is 29.2 Å². The largest absolute Gasteiger partial charge is 0.320 e. The number of aromatic nitrogens is 3. The molecule has 0 aliphatic carbocycles. The van der Waals surface area contributed by atoms with Gasteiger partial charge in [-0.05, 0) is 30.5 Å². The van der Waals surface area contributed by atoms with E-state index in [1.54, 1.807) is 23.1 Å². The van der Waals surface area contributed by atoms with E-state index in [-0.39, 0.29) is 5.91 Å². The number of rotatable bonds is 3. The predicted molar refractivity (Wildman–Crippen MR) is 74.2 cm³/mol. The molecule has 0 atom stereocenters. The van der Waals surface area contributed by atoms with Crippen molar-refractivity contribution < 1.29 is 4.79 Å². The Morgan fingerprint density at radius 1 is 1.42 bits per heavy atom. The Morgan fingerprint density at radius 2 is 2.16 bits per heavy atom. The lowest BCUT2D eigenvalue weighted by molar-refractivity contribution is 0.102. The Kier molecular flexibility index (Phi) is 3.64. The van der Waals surface area contributed by atoms with Crippen LogP contribution in [0.1, 0.15) is 41.5 Å². The second-order valence-electron chi connectivity index (χ2n) is 4.88. The van der Waals surface area contributed by atoms with E-state index in [0.29, 0.717) is 11.6 Å². The van der Waals surface area contributed by atoms with Gasteiger partial charge in [-0.1, -0.05) is 13.8 Å². The Hall–Kier alpha value is -2.17. The molecule has 0 unspecified atom stereocenters. The topological polar surface area (TPSA) is 59.8 Å². The second-order valence-corrected chi connectivity index (χ2v) is 4.88. The molecule has 0 radical (unpaired) electrons. The van der Waals surface area contributed by atoms with Crippen LogP contribution in [0.25, 0.3) is 0 Å². The van der Waals surface area contributed by atoms with Crippen LogP contribution in [0.15, 0.2) is 24.5 Å². The lowest BCUT2D eigenvalue weighted by Gasteiger charge is -2.05. The number of anilines is 1. The standard InChI is InChI=1S/C14H18N4O/c1-9(2)13-7-12(17-18(13)4)14(19)16-11-5-6-15-8-10(11)3/h5-9H,1-4H3,(H,15,16,19). The minimum absolute atomic E-state index is 0.197. The number of carbonyl (C=O) groups excluding carboxylic acids is 1. The van der Waals surface area contributed by atoms with Gasteiger partial charge in [-0.3, -0.25) is 14.5 Å². The maximum Gasteiger partial charge on any atom is 0.276 e. The quantitative estimate of drug-likeness (QED) is 0.920. The molecular formula is C14H18N4O. The van der Waals surface area contributed by atoms with E-state index in [9.17, 15) is 4.79 Å². The molecule has 2 rings (SSSR count). The van der Waals surface area contributed by atoms with Crippen LogP contribution in [-0.2, 0) is 7.05 Å². The number of nitrogens with one attached hydrogen (secondary N) is 1. The summed E-state index contributed by atoms with van der Waals surface area (Å²) in [6, 6.07) is 3.61. The minimum atomic E-state index is -0.197. The molecule has 0 aromatic carbocycles. The van der Waals surface area contributed by atoms with Gasteiger partial charge < -0.3 is 5.32 Å². The molecule has 0 fully saturated rings. The van der Waals surface area contributed by atoms with E-state index in [0.717, 1.165) is 16.9 Å². The van der Waals surface area contributed by atoms with Gasteiger partial charge in [0.25, 0.3) is 5.91 Å². The summed E-state index contributed by atoms with van der Waals surface area (Å²) >= 11 is 0. The summed E-state index contributed by atoms with van der Waals surface area (Å²) in [5, 5.41) is 7.10. The van der Waals surface area contributed by atoms with Gasteiger partial charge in [0.2, 0.25) is 0 Å². The van der Waals surface area contributed by atoms with E-state index < -0.39 is 0 Å². The highest BCUT2D eigenvalue weighted by atomic mass is 16.1. The van der Waals surface area contributed by atoms with E-state index in [1.807, 2.05) is 20.0 Å². The zero-order valence-electron chi connectivity index (χ0n) is 11.6. The lowest BCUT2D eigenvalue weighted by Crippen LogP contribution is -2.13. The molecule has 0 bridgehead atoms. The summed E-state index contributed by atoms with van der Waals surface area (Å²) in [6.07, 6.45) is 3.37. The molecule has 0 saturated carbocycles. The van der Waals surface area contributed by atoms with Crippen molar-refractivity contribution in [2.45, 2.75) is 26.7 Å². The summed E-state index contributed by atoms with van der Waals surface area (Å²) in [5.41, 5.74) is 3.16. The molecule has 2 aromatic heterocycles. The average Bonchev–Trinajstić information content (AvgIpc) is 2.74. The smallest absolute Gasteiger partial charge is 0.276 e. The number of amides is 1. The fourth-order valence-corrected chi connectivity index (χ4v) is 1.93. The van der Waals surface area contributed by atoms with Crippen LogP contribution in [0.2, 0.25) is 0 Å². The van der Waals surface area contributed by atoms with Gasteiger partial charge in [0.1, 0.15) is 0 Å². The number of carbonyl (C=O) groups is 1. The van der Waals surface area contributed by atoms with Crippen LogP contribution in [0.3, 0.4) is 0 Å². The molecule has 100 valence electrons. The highest BCUT2D eigenvalue weighted by Crippen LogP contribution is 2.17. The highest BCUT2D eigenvalue weighted by Gasteiger charge is 2.15. The Bertz CT molecular complexity index is 601. The molecule has 2 aromatic rings. The second kappa shape index (κ2) is 5.22. The third kappa shape index (κ3) is 2.81. The van der Waals surface area contributed by atoms with E-state index in [4.69, 9.17) is 0 Å². The van der Waals surface area contributed by atoms with Crippen LogP contribution >= 0.6 is 0 Å². The van der Waals surface area contributed by atoms with Crippen LogP contribution in [-0.4, -0.2) is 20.7 Å². The molecule has 0 saturated heterocycles. The number of pyridine rings is 1. The third-order valence-corrected chi connectivity index (χ3v) is 3.01. The SMILES string of the molecule is Cc1cnccc1NC(=O)c1cc(C(C)C)n(C)n1. The van der Waals surface area contributed by atoms with Crippen molar-refractivity contribution >= 4 is 11.6 Å². The fraction of sp³-hybridized carbons (Fsp3) is 0.357. The zero-order valence-corrected chi connectivity index (χ0v) is 11.6. The monoisotopic (exact) mass is 258 g/mol. The first-order chi connectivity index (χ1) is 8.99. The van der Waals surface area contributed by atoms with Gasteiger partial charge in [0.15, 0.2) is 5.69 Å². The maximum atomic E-state index is 12.1. The number of nitrogens with zero attached hydrogens (tertiary/aromatic N) is 3. The molecule has 1 amide bonds. The van der Waals surface area contributed by atoms with Crippen molar-refractivity contribution in [3.8, 4) is 0 Å². The van der Waals surface area contributed by atoms with E-state index in [1.165, 1.54) is 0 Å². The predicted octanol–water partition coefficient (Wildman–Crippen LogP) is 2.50. The molecule has 19 heavy (non-hydrogen) atoms. The van der Waals surface area contributed by atoms with Gasteiger partial charge in [-0.15, -0.1) is 0 Å². The highest BCUT2D eigenvalue weighted by molar-refractivity contribution is 6.03. The van der Waals surface area contributed by atoms with Crippen molar-refractivity contribution in [3.63, 3.8) is 0 Å². The average molecular weight is 258 g/mol. The molecule has 5 nitrogen and oxygen atoms in total. The number of hydrogen-bond donors (Lipinski definition) is 1. The fourth-order valence-electron chi connectivity index (χ4n) is 1.93. The lowest BCUT2D eigenvalue weighted by atomic mass is 10.1. The molecular weight excluding hydrogens is 240 g/mol. The Balaban J connectivity index is 2.21. The summed E-state index contributed by atoms with van der Waals surface area (Å²) in [4.78, 5) is 16.1. The molecule has 2 heterocycles. The first-order valence-electron chi connectivity index (χ1n) is 6.25. The molecule has 1 N–H and O–H groups in total. The normalized spacial score (nSPS) is 10.8. The number of hydrogen-bond acceptors (Lipinski definition) is 3. The first-order valence-corrected chi connectivity index (χ1v) is 6.25. The van der Waals surface area contributed by atoms with Crippen molar-refractivity contribution in [2.75, 3.05) is 5.32 Å². The maximum absolute atomic E-state index is 12.1. The van der Waals surface area contributed by atoms with Crippen LogP contribution in [0, 0.1) is 6.92 Å². The van der Waals surface area contributed by atoms with Gasteiger partial charge in [0, 0.05) is 30.8 Å². The Morgan fingerprint density at radius 3 is 2.74 bits per heavy atom. The van der Waals surface area contributed by atoms with Gasteiger partial charge in [0.05, 0.1) is 0 Å². The van der Waals surface area contributed by atoms with Gasteiger partial charge in [-0.25, -0.2) is 0 Å². The van der Waals surface area contributed by atoms with Crippen molar-refractivity contribution in [3.05, 3.63) is 41.5 Å². The van der Waals surface area contributed by atoms with Crippen LogP contribution in [0.4, 0.5) is 5.69 Å². The molecule has 0 aliphatic rings. The summed E-state index contributed by atoms with van der Waals surface area (Å²) < 4.78 is 1.75. The zero-order chi connectivity index (χ0) is 14.0. The summed E-state index contributed by atoms with van der Waals surface area (Å²) in [5.74, 6) is 0.138. The van der Waals surface area contributed by atoms with Crippen LogP contribution < -0.4 is 5.32 Å². The summed E-state index contributed by atoms with van der Waals surface area (Å²) in [7, 11) is 1.85. The first kappa shape index (κ1) is 13.3. The van der Waals surface area contributed by atoms with Gasteiger partial charge in [-0.2, -0.15) is 5.10 Å². The summed E-state index contributed by atoms with van der Waals surface area (Å²) in [6.45, 7) is 6.05. The van der Waals surface area contributed by atoms with Crippen molar-refractivity contribution in [1.82, 2.24) is 14.8 Å². The van der Waals surface area contributed by atoms with Crippen LogP contribution in [0.5, 0.6) is 0 Å². The molecule has 0 aliphatic heterocycles. The molecule has 0 spiro atoms. The van der Waals surface area contributed by atoms with Gasteiger partial charge >= 0.3 is 0 Å².